The van der Waals surface area contributed by atoms with Crippen LogP contribution < -0.4 is 10.6 Å². The molecule has 84 valence electrons. The summed E-state index contributed by atoms with van der Waals surface area (Å²) in [6.07, 6.45) is 0.990. The van der Waals surface area contributed by atoms with Crippen LogP contribution in [0.15, 0.2) is 24.3 Å². The summed E-state index contributed by atoms with van der Waals surface area (Å²) in [7, 11) is 0. The van der Waals surface area contributed by atoms with Gasteiger partial charge >= 0.3 is 0 Å². The normalized spacial score (nSPS) is 25.1. The lowest BCUT2D eigenvalue weighted by molar-refractivity contribution is 0.525. The zero-order valence-electron chi connectivity index (χ0n) is 8.74. The van der Waals surface area contributed by atoms with E-state index >= 15 is 0 Å². The van der Waals surface area contributed by atoms with Gasteiger partial charge in [0.1, 0.15) is 5.82 Å². The van der Waals surface area contributed by atoms with E-state index in [1.54, 1.807) is 12.1 Å². The van der Waals surface area contributed by atoms with Gasteiger partial charge in [-0.25, -0.2) is 4.39 Å². The minimum Gasteiger partial charge on any atom is -0.370 e. The number of benzene rings is 1. The standard InChI is InChI=1S/C11H15FN2.ClH/c1-11(13)6-7-14(8-11)10-4-2-9(12)3-5-10;/h2-5H,6-8,13H2,1H3;1H. The van der Waals surface area contributed by atoms with Crippen molar-refractivity contribution in [1.82, 2.24) is 0 Å². The van der Waals surface area contributed by atoms with Gasteiger partial charge in [-0.05, 0) is 37.6 Å². The molecule has 0 radical (unpaired) electrons. The second-order valence-corrected chi connectivity index (χ2v) is 4.30. The van der Waals surface area contributed by atoms with Crippen molar-refractivity contribution in [3.63, 3.8) is 0 Å². The molecular formula is C11H16ClFN2. The summed E-state index contributed by atoms with van der Waals surface area (Å²) in [6.45, 7) is 3.85. The molecule has 1 fully saturated rings. The van der Waals surface area contributed by atoms with E-state index in [0.717, 1.165) is 25.2 Å². The minimum atomic E-state index is -0.191. The van der Waals surface area contributed by atoms with Crippen LogP contribution in [0.4, 0.5) is 10.1 Å². The van der Waals surface area contributed by atoms with Crippen molar-refractivity contribution in [3.8, 4) is 0 Å². The summed E-state index contributed by atoms with van der Waals surface area (Å²) in [5.41, 5.74) is 6.97. The lowest BCUT2D eigenvalue weighted by atomic mass is 10.0. The summed E-state index contributed by atoms with van der Waals surface area (Å²) in [5.74, 6) is -0.191. The summed E-state index contributed by atoms with van der Waals surface area (Å²) in [6, 6.07) is 6.58. The number of hydrogen-bond donors (Lipinski definition) is 1. The van der Waals surface area contributed by atoms with Crippen LogP contribution in [0.25, 0.3) is 0 Å². The fourth-order valence-corrected chi connectivity index (χ4v) is 1.86. The van der Waals surface area contributed by atoms with Gasteiger partial charge in [0.05, 0.1) is 0 Å². The smallest absolute Gasteiger partial charge is 0.123 e. The minimum absolute atomic E-state index is 0. The molecular weight excluding hydrogens is 215 g/mol. The molecule has 0 aromatic heterocycles. The van der Waals surface area contributed by atoms with Crippen LogP contribution in [-0.4, -0.2) is 18.6 Å². The molecule has 4 heteroatoms. The molecule has 2 rings (SSSR count). The maximum absolute atomic E-state index is 12.7. The van der Waals surface area contributed by atoms with Crippen molar-refractivity contribution in [2.45, 2.75) is 18.9 Å². The Morgan fingerprint density at radius 1 is 1.33 bits per heavy atom. The lowest BCUT2D eigenvalue weighted by Gasteiger charge is -2.21. The number of hydrogen-bond acceptors (Lipinski definition) is 2. The average molecular weight is 231 g/mol. The van der Waals surface area contributed by atoms with Gasteiger partial charge in [0.2, 0.25) is 0 Å². The van der Waals surface area contributed by atoms with Crippen LogP contribution in [0.3, 0.4) is 0 Å². The van der Waals surface area contributed by atoms with E-state index in [1.807, 2.05) is 0 Å². The van der Waals surface area contributed by atoms with Crippen molar-refractivity contribution in [3.05, 3.63) is 30.1 Å². The van der Waals surface area contributed by atoms with E-state index < -0.39 is 0 Å². The van der Waals surface area contributed by atoms with E-state index in [4.69, 9.17) is 5.73 Å². The summed E-state index contributed by atoms with van der Waals surface area (Å²) < 4.78 is 12.7. The van der Waals surface area contributed by atoms with E-state index in [9.17, 15) is 4.39 Å². The van der Waals surface area contributed by atoms with Gasteiger partial charge in [-0.15, -0.1) is 12.4 Å². The molecule has 1 unspecified atom stereocenters. The molecule has 1 atom stereocenters. The second-order valence-electron chi connectivity index (χ2n) is 4.30. The first-order chi connectivity index (χ1) is 6.57. The van der Waals surface area contributed by atoms with E-state index in [-0.39, 0.29) is 23.8 Å². The molecule has 1 heterocycles. The number of rotatable bonds is 1. The molecule has 0 spiro atoms. The van der Waals surface area contributed by atoms with Gasteiger partial charge in [0, 0.05) is 24.3 Å². The Balaban J connectivity index is 0.00000112. The highest BCUT2D eigenvalue weighted by molar-refractivity contribution is 5.85. The van der Waals surface area contributed by atoms with Crippen molar-refractivity contribution in [2.24, 2.45) is 5.73 Å². The molecule has 1 aliphatic rings. The zero-order valence-corrected chi connectivity index (χ0v) is 9.56. The van der Waals surface area contributed by atoms with Crippen molar-refractivity contribution in [2.75, 3.05) is 18.0 Å². The molecule has 1 aliphatic heterocycles. The van der Waals surface area contributed by atoms with E-state index in [0.29, 0.717) is 0 Å². The quantitative estimate of drug-likeness (QED) is 0.801. The van der Waals surface area contributed by atoms with E-state index in [2.05, 4.69) is 11.8 Å². The summed E-state index contributed by atoms with van der Waals surface area (Å²) in [5, 5.41) is 0. The molecule has 1 aromatic rings. The first-order valence-electron chi connectivity index (χ1n) is 4.86. The van der Waals surface area contributed by atoms with Crippen LogP contribution in [0.2, 0.25) is 0 Å². The highest BCUT2D eigenvalue weighted by Crippen LogP contribution is 2.24. The third-order valence-corrected chi connectivity index (χ3v) is 2.70. The predicted octanol–water partition coefficient (Wildman–Crippen LogP) is 2.18. The molecule has 0 bridgehead atoms. The van der Waals surface area contributed by atoms with Gasteiger partial charge in [-0.3, -0.25) is 0 Å². The van der Waals surface area contributed by atoms with Crippen LogP contribution in [0.5, 0.6) is 0 Å². The van der Waals surface area contributed by atoms with Gasteiger partial charge in [-0.2, -0.15) is 0 Å². The topological polar surface area (TPSA) is 29.3 Å². The fourth-order valence-electron chi connectivity index (χ4n) is 1.86. The molecule has 1 saturated heterocycles. The Hall–Kier alpha value is -0.800. The second kappa shape index (κ2) is 4.37. The van der Waals surface area contributed by atoms with Crippen LogP contribution >= 0.6 is 12.4 Å². The highest BCUT2D eigenvalue weighted by atomic mass is 35.5. The molecule has 2 N–H and O–H groups in total. The number of halogens is 2. The van der Waals surface area contributed by atoms with Crippen LogP contribution in [0, 0.1) is 5.82 Å². The predicted molar refractivity (Wildman–Crippen MR) is 63.1 cm³/mol. The van der Waals surface area contributed by atoms with Crippen molar-refractivity contribution < 1.29 is 4.39 Å². The molecule has 1 aromatic carbocycles. The van der Waals surface area contributed by atoms with E-state index in [1.165, 1.54) is 12.1 Å². The van der Waals surface area contributed by atoms with Gasteiger partial charge in [0.15, 0.2) is 0 Å². The Labute approximate surface area is 95.7 Å². The van der Waals surface area contributed by atoms with Crippen LogP contribution in [-0.2, 0) is 0 Å². The monoisotopic (exact) mass is 230 g/mol. The lowest BCUT2D eigenvalue weighted by Crippen LogP contribution is -2.39. The average Bonchev–Trinajstić information content (AvgIpc) is 2.47. The van der Waals surface area contributed by atoms with Gasteiger partial charge in [-0.1, -0.05) is 0 Å². The first-order valence-corrected chi connectivity index (χ1v) is 4.86. The molecule has 0 aliphatic carbocycles. The molecule has 0 amide bonds. The van der Waals surface area contributed by atoms with Crippen LogP contribution in [0.1, 0.15) is 13.3 Å². The SMILES string of the molecule is CC1(N)CCN(c2ccc(F)cc2)C1.Cl. The Bertz CT molecular complexity index is 324. The zero-order chi connectivity index (χ0) is 10.2. The number of nitrogens with zero attached hydrogens (tertiary/aromatic N) is 1. The summed E-state index contributed by atoms with van der Waals surface area (Å²) >= 11 is 0. The third kappa shape index (κ3) is 2.83. The third-order valence-electron chi connectivity index (χ3n) is 2.70. The molecule has 2 nitrogen and oxygen atoms in total. The highest BCUT2D eigenvalue weighted by Gasteiger charge is 2.29. The number of nitrogens with two attached hydrogens (primary N) is 1. The van der Waals surface area contributed by atoms with Crippen molar-refractivity contribution in [1.29, 1.82) is 0 Å². The number of anilines is 1. The Kier molecular flexibility index (Phi) is 3.58. The largest absolute Gasteiger partial charge is 0.370 e. The fraction of sp³-hybridized carbons (Fsp3) is 0.455. The molecule has 15 heavy (non-hydrogen) atoms. The first kappa shape index (κ1) is 12.3. The Morgan fingerprint density at radius 3 is 2.40 bits per heavy atom. The van der Waals surface area contributed by atoms with Crippen molar-refractivity contribution >= 4 is 18.1 Å². The van der Waals surface area contributed by atoms with Gasteiger partial charge in [0.25, 0.3) is 0 Å². The molecule has 0 saturated carbocycles. The summed E-state index contributed by atoms with van der Waals surface area (Å²) in [4.78, 5) is 2.19. The maximum Gasteiger partial charge on any atom is 0.123 e. The Morgan fingerprint density at radius 2 is 1.93 bits per heavy atom. The maximum atomic E-state index is 12.7. The van der Waals surface area contributed by atoms with Gasteiger partial charge < -0.3 is 10.6 Å².